The number of benzene rings is 3. The van der Waals surface area contributed by atoms with Crippen LogP contribution in [0.3, 0.4) is 0 Å². The highest BCUT2D eigenvalue weighted by Gasteiger charge is 2.15. The van der Waals surface area contributed by atoms with Crippen LogP contribution in [0.4, 0.5) is 11.4 Å². The molecule has 4 aromatic rings. The smallest absolute Gasteiger partial charge is 0.270 e. The zero-order valence-electron chi connectivity index (χ0n) is 14.5. The minimum atomic E-state index is -0.578. The van der Waals surface area contributed by atoms with Crippen LogP contribution in [0.15, 0.2) is 60.7 Å². The molecular weight excluding hydrogens is 417 g/mol. The number of nitrogens with one attached hydrogen (secondary N) is 1. The number of fused-ring (bicyclic) bond motifs is 1. The fourth-order valence-electron chi connectivity index (χ4n) is 2.68. The first-order valence-corrected chi connectivity index (χ1v) is 9.05. The molecular formula is C19H11Cl2N5O3. The van der Waals surface area contributed by atoms with Crippen LogP contribution in [0.5, 0.6) is 0 Å². The SMILES string of the molecule is O=C(Nc1ccc2nn(-c3ccc(Cl)cc3)nc2c1)c1ccc([N+](=O)[O-])cc1Cl. The number of non-ortho nitro benzene ring substituents is 1. The van der Waals surface area contributed by atoms with E-state index in [1.807, 2.05) is 0 Å². The summed E-state index contributed by atoms with van der Waals surface area (Å²) < 4.78 is 0. The van der Waals surface area contributed by atoms with Crippen molar-refractivity contribution in [3.63, 3.8) is 0 Å². The van der Waals surface area contributed by atoms with Crippen LogP contribution in [0, 0.1) is 10.1 Å². The Morgan fingerprint density at radius 2 is 1.69 bits per heavy atom. The summed E-state index contributed by atoms with van der Waals surface area (Å²) in [7, 11) is 0. The van der Waals surface area contributed by atoms with Crippen molar-refractivity contribution in [1.29, 1.82) is 0 Å². The number of carbonyl (C=O) groups is 1. The third-order valence-electron chi connectivity index (χ3n) is 4.10. The van der Waals surface area contributed by atoms with Crippen LogP contribution < -0.4 is 5.32 Å². The monoisotopic (exact) mass is 427 g/mol. The molecule has 0 fully saturated rings. The molecule has 0 bridgehead atoms. The molecule has 29 heavy (non-hydrogen) atoms. The topological polar surface area (TPSA) is 103 Å². The number of aromatic nitrogens is 3. The van der Waals surface area contributed by atoms with E-state index in [1.54, 1.807) is 42.5 Å². The maximum Gasteiger partial charge on any atom is 0.270 e. The molecule has 1 aromatic heterocycles. The van der Waals surface area contributed by atoms with Gasteiger partial charge in [0.05, 0.1) is 21.2 Å². The van der Waals surface area contributed by atoms with E-state index in [2.05, 4.69) is 15.5 Å². The van der Waals surface area contributed by atoms with Gasteiger partial charge in [0.2, 0.25) is 0 Å². The summed E-state index contributed by atoms with van der Waals surface area (Å²) in [5, 5.41) is 22.9. The van der Waals surface area contributed by atoms with Crippen molar-refractivity contribution >= 4 is 51.5 Å². The van der Waals surface area contributed by atoms with Gasteiger partial charge in [-0.25, -0.2) is 0 Å². The number of halogens is 2. The average molecular weight is 428 g/mol. The first kappa shape index (κ1) is 18.9. The Balaban J connectivity index is 1.59. The van der Waals surface area contributed by atoms with E-state index >= 15 is 0 Å². The molecule has 1 heterocycles. The number of nitro benzene ring substituents is 1. The Morgan fingerprint density at radius 1 is 0.966 bits per heavy atom. The Hall–Kier alpha value is -3.49. The second kappa shape index (κ2) is 7.50. The lowest BCUT2D eigenvalue weighted by molar-refractivity contribution is -0.384. The van der Waals surface area contributed by atoms with E-state index in [1.165, 1.54) is 16.9 Å². The summed E-state index contributed by atoms with van der Waals surface area (Å²) in [5.41, 5.74) is 2.39. The van der Waals surface area contributed by atoms with Crippen molar-refractivity contribution < 1.29 is 9.72 Å². The molecule has 8 nitrogen and oxygen atoms in total. The van der Waals surface area contributed by atoms with Gasteiger partial charge in [-0.15, -0.1) is 10.2 Å². The Labute approximate surface area is 173 Å². The summed E-state index contributed by atoms with van der Waals surface area (Å²) in [6.45, 7) is 0. The van der Waals surface area contributed by atoms with Gasteiger partial charge in [-0.2, -0.15) is 4.80 Å². The van der Waals surface area contributed by atoms with Gasteiger partial charge in [0, 0.05) is 22.8 Å². The molecule has 0 saturated carbocycles. The average Bonchev–Trinajstić information content (AvgIpc) is 3.11. The molecule has 4 rings (SSSR count). The van der Waals surface area contributed by atoms with Crippen molar-refractivity contribution in [3.05, 3.63) is 86.4 Å². The molecule has 0 aliphatic heterocycles. The fourth-order valence-corrected chi connectivity index (χ4v) is 3.07. The summed E-state index contributed by atoms with van der Waals surface area (Å²) in [4.78, 5) is 24.2. The summed E-state index contributed by atoms with van der Waals surface area (Å²) in [6, 6.07) is 15.8. The molecule has 0 aliphatic carbocycles. The fraction of sp³-hybridized carbons (Fsp3) is 0. The van der Waals surface area contributed by atoms with Crippen LogP contribution >= 0.6 is 23.2 Å². The van der Waals surface area contributed by atoms with Crippen LogP contribution in [0.1, 0.15) is 10.4 Å². The predicted octanol–water partition coefficient (Wildman–Crippen LogP) is 4.89. The van der Waals surface area contributed by atoms with Gasteiger partial charge in [-0.3, -0.25) is 14.9 Å². The Kier molecular flexibility index (Phi) is 4.87. The van der Waals surface area contributed by atoms with Gasteiger partial charge in [0.25, 0.3) is 11.6 Å². The molecule has 10 heteroatoms. The molecule has 0 spiro atoms. The quantitative estimate of drug-likeness (QED) is 0.368. The number of hydrogen-bond acceptors (Lipinski definition) is 5. The lowest BCUT2D eigenvalue weighted by atomic mass is 10.2. The van der Waals surface area contributed by atoms with Crippen molar-refractivity contribution in [1.82, 2.24) is 15.0 Å². The van der Waals surface area contributed by atoms with Crippen molar-refractivity contribution in [2.45, 2.75) is 0 Å². The normalized spacial score (nSPS) is 10.8. The molecule has 0 atom stereocenters. The second-order valence-corrected chi connectivity index (χ2v) is 6.89. The van der Waals surface area contributed by atoms with Crippen LogP contribution in [-0.2, 0) is 0 Å². The number of anilines is 1. The van der Waals surface area contributed by atoms with Crippen molar-refractivity contribution in [2.24, 2.45) is 0 Å². The van der Waals surface area contributed by atoms with Crippen LogP contribution in [0.2, 0.25) is 10.0 Å². The molecule has 0 unspecified atom stereocenters. The molecule has 0 radical (unpaired) electrons. The van der Waals surface area contributed by atoms with E-state index in [4.69, 9.17) is 23.2 Å². The molecule has 144 valence electrons. The van der Waals surface area contributed by atoms with Gasteiger partial charge in [-0.05, 0) is 48.5 Å². The van der Waals surface area contributed by atoms with Crippen molar-refractivity contribution in [2.75, 3.05) is 5.32 Å². The molecule has 1 amide bonds. The van der Waals surface area contributed by atoms with Crippen LogP contribution in [-0.4, -0.2) is 25.8 Å². The highest BCUT2D eigenvalue weighted by molar-refractivity contribution is 6.34. The van der Waals surface area contributed by atoms with Crippen LogP contribution in [0.25, 0.3) is 16.7 Å². The number of amides is 1. The van der Waals surface area contributed by atoms with Gasteiger partial charge >= 0.3 is 0 Å². The second-order valence-electron chi connectivity index (χ2n) is 6.04. The minimum Gasteiger partial charge on any atom is -0.322 e. The first-order chi connectivity index (χ1) is 13.9. The molecule has 0 aliphatic rings. The third kappa shape index (κ3) is 3.89. The van der Waals surface area contributed by atoms with E-state index in [9.17, 15) is 14.9 Å². The molecule has 0 saturated heterocycles. The van der Waals surface area contributed by atoms with E-state index < -0.39 is 10.8 Å². The number of rotatable bonds is 4. The van der Waals surface area contributed by atoms with Gasteiger partial charge in [0.15, 0.2) is 0 Å². The first-order valence-electron chi connectivity index (χ1n) is 8.29. The lowest BCUT2D eigenvalue weighted by Gasteiger charge is -2.06. The molecule has 3 aromatic carbocycles. The number of nitro groups is 1. The lowest BCUT2D eigenvalue weighted by Crippen LogP contribution is -2.12. The molecule has 1 N–H and O–H groups in total. The third-order valence-corrected chi connectivity index (χ3v) is 4.67. The minimum absolute atomic E-state index is 0.00791. The Morgan fingerprint density at radius 3 is 2.38 bits per heavy atom. The number of carbonyl (C=O) groups excluding carboxylic acids is 1. The van der Waals surface area contributed by atoms with E-state index in [-0.39, 0.29) is 16.3 Å². The van der Waals surface area contributed by atoms with Gasteiger partial charge < -0.3 is 5.32 Å². The van der Waals surface area contributed by atoms with Crippen molar-refractivity contribution in [3.8, 4) is 5.69 Å². The standard InChI is InChI=1S/C19H11Cl2N5O3/c20-11-1-4-13(5-2-11)25-23-17-8-3-12(9-18(17)24-25)22-19(27)15-7-6-14(26(28)29)10-16(15)21/h1-10H,(H,22,27). The highest BCUT2D eigenvalue weighted by atomic mass is 35.5. The predicted molar refractivity (Wildman–Crippen MR) is 110 cm³/mol. The van der Waals surface area contributed by atoms with E-state index in [0.717, 1.165) is 11.8 Å². The summed E-state index contributed by atoms with van der Waals surface area (Å²) in [5.74, 6) is -0.491. The van der Waals surface area contributed by atoms with Gasteiger partial charge in [-0.1, -0.05) is 23.2 Å². The van der Waals surface area contributed by atoms with Gasteiger partial charge in [0.1, 0.15) is 11.0 Å². The summed E-state index contributed by atoms with van der Waals surface area (Å²) >= 11 is 11.9. The maximum absolute atomic E-state index is 12.5. The zero-order valence-corrected chi connectivity index (χ0v) is 16.1. The Bertz CT molecular complexity index is 1250. The maximum atomic E-state index is 12.5. The number of nitrogens with zero attached hydrogens (tertiary/aromatic N) is 4. The van der Waals surface area contributed by atoms with E-state index in [0.29, 0.717) is 21.7 Å². The highest BCUT2D eigenvalue weighted by Crippen LogP contribution is 2.24. The summed E-state index contributed by atoms with van der Waals surface area (Å²) in [6.07, 6.45) is 0. The zero-order chi connectivity index (χ0) is 20.5. The number of hydrogen-bond donors (Lipinski definition) is 1. The largest absolute Gasteiger partial charge is 0.322 e.